The third-order valence-electron chi connectivity index (χ3n) is 2.15. The highest BCUT2D eigenvalue weighted by molar-refractivity contribution is 7.09. The van der Waals surface area contributed by atoms with Gasteiger partial charge in [0.2, 0.25) is 11.0 Å². The van der Waals surface area contributed by atoms with Crippen LogP contribution in [0.3, 0.4) is 0 Å². The summed E-state index contributed by atoms with van der Waals surface area (Å²) >= 11 is 1.13. The highest BCUT2D eigenvalue weighted by Crippen LogP contribution is 2.17. The van der Waals surface area contributed by atoms with Gasteiger partial charge in [0.15, 0.2) is 0 Å². The predicted octanol–water partition coefficient (Wildman–Crippen LogP) is 1.51. The van der Waals surface area contributed by atoms with Gasteiger partial charge in [0.05, 0.1) is 0 Å². The number of carbonyl (C=O) groups excluding carboxylic acids is 1. The Labute approximate surface area is 108 Å². The minimum Gasteiger partial charge on any atom is -0.294 e. The molecule has 2 heterocycles. The summed E-state index contributed by atoms with van der Waals surface area (Å²) in [5, 5.41) is 9.71. The van der Waals surface area contributed by atoms with Crippen molar-refractivity contribution in [3.63, 3.8) is 0 Å². The molecule has 7 nitrogen and oxygen atoms in total. The van der Waals surface area contributed by atoms with E-state index >= 15 is 0 Å². The van der Waals surface area contributed by atoms with E-state index < -0.39 is 5.91 Å². The van der Waals surface area contributed by atoms with Crippen LogP contribution in [0.25, 0.3) is 0 Å². The molecular weight excluding hydrogens is 252 g/mol. The average molecular weight is 266 g/mol. The number of anilines is 1. The molecule has 1 amide bonds. The van der Waals surface area contributed by atoms with Crippen molar-refractivity contribution in [1.29, 1.82) is 0 Å². The number of nitrogens with one attached hydrogen (secondary N) is 2. The van der Waals surface area contributed by atoms with Crippen molar-refractivity contribution in [2.24, 2.45) is 0 Å². The molecule has 8 heteroatoms. The molecule has 2 aromatic rings. The Kier molecular flexibility index (Phi) is 3.12. The van der Waals surface area contributed by atoms with Crippen LogP contribution in [0.4, 0.5) is 5.13 Å². The standard InChI is InChI=1S/C10H14N6OS/c1-5-11-9(18-16-5)13-7(17)6-12-8(15-14-6)10(2,3)4/h1-4H3,(H,12,14,15)(H,11,13,16,17). The lowest BCUT2D eigenvalue weighted by molar-refractivity contribution is 0.101. The zero-order chi connectivity index (χ0) is 13.3. The van der Waals surface area contributed by atoms with Gasteiger partial charge in [-0.15, -0.1) is 5.10 Å². The summed E-state index contributed by atoms with van der Waals surface area (Å²) in [7, 11) is 0. The van der Waals surface area contributed by atoms with Gasteiger partial charge in [0, 0.05) is 16.9 Å². The molecular formula is C10H14N6OS. The number of hydrogen-bond acceptors (Lipinski definition) is 6. The van der Waals surface area contributed by atoms with E-state index in [0.717, 1.165) is 11.5 Å². The first-order valence-electron chi connectivity index (χ1n) is 5.41. The number of aromatic amines is 1. The van der Waals surface area contributed by atoms with Gasteiger partial charge in [-0.1, -0.05) is 20.8 Å². The zero-order valence-electron chi connectivity index (χ0n) is 10.6. The van der Waals surface area contributed by atoms with Crippen LogP contribution in [0.1, 0.15) is 43.0 Å². The maximum absolute atomic E-state index is 11.8. The Bertz CT molecular complexity index is 567. The highest BCUT2D eigenvalue weighted by Gasteiger charge is 2.21. The van der Waals surface area contributed by atoms with E-state index in [-0.39, 0.29) is 11.2 Å². The molecule has 2 aromatic heterocycles. The zero-order valence-corrected chi connectivity index (χ0v) is 11.4. The van der Waals surface area contributed by atoms with Crippen LogP contribution in [0.2, 0.25) is 0 Å². The Morgan fingerprint density at radius 2 is 2.06 bits per heavy atom. The summed E-state index contributed by atoms with van der Waals surface area (Å²) in [5.41, 5.74) is -0.176. The van der Waals surface area contributed by atoms with Gasteiger partial charge in [-0.25, -0.2) is 9.97 Å². The van der Waals surface area contributed by atoms with Crippen LogP contribution in [-0.4, -0.2) is 30.4 Å². The third kappa shape index (κ3) is 2.70. The summed E-state index contributed by atoms with van der Waals surface area (Å²) in [6.07, 6.45) is 0. The Morgan fingerprint density at radius 1 is 1.33 bits per heavy atom. The van der Waals surface area contributed by atoms with Gasteiger partial charge in [-0.05, 0) is 6.92 Å². The fraction of sp³-hybridized carbons (Fsp3) is 0.500. The first-order valence-corrected chi connectivity index (χ1v) is 6.18. The average Bonchev–Trinajstić information content (AvgIpc) is 2.85. The van der Waals surface area contributed by atoms with Gasteiger partial charge in [-0.3, -0.25) is 15.2 Å². The van der Waals surface area contributed by atoms with E-state index in [9.17, 15) is 4.79 Å². The first kappa shape index (κ1) is 12.6. The lowest BCUT2D eigenvalue weighted by Gasteiger charge is -2.12. The van der Waals surface area contributed by atoms with Gasteiger partial charge in [0.25, 0.3) is 5.91 Å². The molecule has 2 rings (SSSR count). The summed E-state index contributed by atoms with van der Waals surface area (Å²) in [6, 6.07) is 0. The lowest BCUT2D eigenvalue weighted by atomic mass is 9.96. The van der Waals surface area contributed by atoms with E-state index in [0.29, 0.717) is 16.8 Å². The normalized spacial score (nSPS) is 11.6. The van der Waals surface area contributed by atoms with Crippen LogP contribution in [-0.2, 0) is 5.41 Å². The van der Waals surface area contributed by atoms with Gasteiger partial charge < -0.3 is 0 Å². The molecule has 96 valence electrons. The molecule has 0 aliphatic heterocycles. The molecule has 0 saturated carbocycles. The fourth-order valence-corrected chi connectivity index (χ4v) is 1.77. The molecule has 0 aliphatic rings. The van der Waals surface area contributed by atoms with Gasteiger partial charge in [0.1, 0.15) is 11.6 Å². The monoisotopic (exact) mass is 266 g/mol. The van der Waals surface area contributed by atoms with Gasteiger partial charge in [-0.2, -0.15) is 4.37 Å². The van der Waals surface area contributed by atoms with E-state index in [4.69, 9.17) is 0 Å². The first-order chi connectivity index (χ1) is 8.36. The second-order valence-corrected chi connectivity index (χ2v) is 5.61. The van der Waals surface area contributed by atoms with Crippen LogP contribution >= 0.6 is 11.5 Å². The van der Waals surface area contributed by atoms with Crippen LogP contribution in [0.5, 0.6) is 0 Å². The van der Waals surface area contributed by atoms with E-state index in [1.807, 2.05) is 20.8 Å². The Morgan fingerprint density at radius 3 is 2.56 bits per heavy atom. The molecule has 0 aliphatic carbocycles. The molecule has 0 fully saturated rings. The number of amides is 1. The van der Waals surface area contributed by atoms with E-state index in [1.165, 1.54) is 0 Å². The number of rotatable bonds is 2. The largest absolute Gasteiger partial charge is 0.297 e. The van der Waals surface area contributed by atoms with E-state index in [1.54, 1.807) is 6.92 Å². The second kappa shape index (κ2) is 4.45. The lowest BCUT2D eigenvalue weighted by Crippen LogP contribution is -2.16. The van der Waals surface area contributed by atoms with Crippen molar-refractivity contribution in [1.82, 2.24) is 24.5 Å². The maximum Gasteiger partial charge on any atom is 0.297 e. The topological polar surface area (TPSA) is 96.5 Å². The van der Waals surface area contributed by atoms with Crippen molar-refractivity contribution in [3.8, 4) is 0 Å². The summed E-state index contributed by atoms with van der Waals surface area (Å²) in [6.45, 7) is 7.73. The van der Waals surface area contributed by atoms with Gasteiger partial charge >= 0.3 is 0 Å². The van der Waals surface area contributed by atoms with Crippen LogP contribution in [0.15, 0.2) is 0 Å². The number of aromatic nitrogens is 5. The van der Waals surface area contributed by atoms with Crippen LogP contribution in [0, 0.1) is 6.92 Å². The minimum atomic E-state index is -0.391. The number of H-pyrrole nitrogens is 1. The van der Waals surface area contributed by atoms with Crippen molar-refractivity contribution in [2.75, 3.05) is 5.32 Å². The molecule has 0 unspecified atom stereocenters. The molecule has 0 atom stereocenters. The summed E-state index contributed by atoms with van der Waals surface area (Å²) in [4.78, 5) is 20.0. The molecule has 0 saturated heterocycles. The molecule has 0 radical (unpaired) electrons. The van der Waals surface area contributed by atoms with Crippen molar-refractivity contribution >= 4 is 22.6 Å². The Balaban J connectivity index is 2.12. The SMILES string of the molecule is Cc1nsc(NC(=O)c2n[nH]c(C(C)(C)C)n2)n1. The van der Waals surface area contributed by atoms with Crippen molar-refractivity contribution < 1.29 is 4.79 Å². The van der Waals surface area contributed by atoms with Crippen LogP contribution < -0.4 is 5.32 Å². The quantitative estimate of drug-likeness (QED) is 0.859. The van der Waals surface area contributed by atoms with E-state index in [2.05, 4.69) is 29.9 Å². The minimum absolute atomic E-state index is 0.104. The molecule has 2 N–H and O–H groups in total. The number of hydrogen-bond donors (Lipinski definition) is 2. The molecule has 0 spiro atoms. The Hall–Kier alpha value is -1.83. The number of aryl methyl sites for hydroxylation is 1. The second-order valence-electron chi connectivity index (χ2n) is 4.86. The predicted molar refractivity (Wildman–Crippen MR) is 67.7 cm³/mol. The number of carbonyl (C=O) groups is 1. The third-order valence-corrected chi connectivity index (χ3v) is 2.87. The summed E-state index contributed by atoms with van der Waals surface area (Å²) in [5.74, 6) is 1.01. The molecule has 0 aromatic carbocycles. The smallest absolute Gasteiger partial charge is 0.294 e. The molecule has 18 heavy (non-hydrogen) atoms. The fourth-order valence-electron chi connectivity index (χ4n) is 1.20. The number of nitrogens with zero attached hydrogens (tertiary/aromatic N) is 4. The maximum atomic E-state index is 11.8. The molecule has 0 bridgehead atoms. The van der Waals surface area contributed by atoms with Crippen molar-refractivity contribution in [2.45, 2.75) is 33.1 Å². The highest BCUT2D eigenvalue weighted by atomic mass is 32.1. The summed E-state index contributed by atoms with van der Waals surface area (Å²) < 4.78 is 3.98. The van der Waals surface area contributed by atoms with Crippen molar-refractivity contribution in [3.05, 3.63) is 17.5 Å².